The van der Waals surface area contributed by atoms with Gasteiger partial charge in [-0.05, 0) is 23.5 Å². The molecule has 0 atom stereocenters. The van der Waals surface area contributed by atoms with Gasteiger partial charge in [0.2, 0.25) is 0 Å². The summed E-state index contributed by atoms with van der Waals surface area (Å²) in [6.45, 7) is 10.8. The zero-order valence-electron chi connectivity index (χ0n) is 11.4. The lowest BCUT2D eigenvalue weighted by Gasteiger charge is -2.16. The number of hydrogen-bond acceptors (Lipinski definition) is 7. The second-order valence-corrected chi connectivity index (χ2v) is 8.91. The summed E-state index contributed by atoms with van der Waals surface area (Å²) >= 11 is 1.69. The van der Waals surface area contributed by atoms with Gasteiger partial charge in [0.15, 0.2) is 0 Å². The minimum Gasteiger partial charge on any atom is -0.351 e. The minimum atomic E-state index is -1.29. The van der Waals surface area contributed by atoms with Gasteiger partial charge in [-0.3, -0.25) is 0 Å². The Morgan fingerprint density at radius 1 is 0.722 bits per heavy atom. The van der Waals surface area contributed by atoms with Gasteiger partial charge in [-0.2, -0.15) is 0 Å². The largest absolute Gasteiger partial charge is 0.525 e. The van der Waals surface area contributed by atoms with Crippen molar-refractivity contribution in [2.45, 2.75) is 51.0 Å². The molecule has 0 aromatic rings. The lowest BCUT2D eigenvalue weighted by Crippen LogP contribution is -2.19. The molecule has 104 valence electrons. The highest BCUT2D eigenvalue weighted by molar-refractivity contribution is 8.14. The Morgan fingerprint density at radius 2 is 1.00 bits per heavy atom. The SMILES string of the molecule is CC(C)(C)SC(=O)OC(=O)OC(=O)SC(C)(C)C. The Labute approximate surface area is 115 Å². The van der Waals surface area contributed by atoms with Gasteiger partial charge in [0.05, 0.1) is 0 Å². The molecule has 0 unspecified atom stereocenters. The van der Waals surface area contributed by atoms with Crippen LogP contribution in [0.25, 0.3) is 0 Å². The van der Waals surface area contributed by atoms with Gasteiger partial charge in [0, 0.05) is 9.49 Å². The van der Waals surface area contributed by atoms with Crippen molar-refractivity contribution in [3.05, 3.63) is 0 Å². The van der Waals surface area contributed by atoms with Gasteiger partial charge in [-0.1, -0.05) is 41.5 Å². The van der Waals surface area contributed by atoms with Crippen molar-refractivity contribution < 1.29 is 23.9 Å². The first-order chi connectivity index (χ1) is 7.89. The van der Waals surface area contributed by atoms with Crippen LogP contribution in [0.5, 0.6) is 0 Å². The maximum Gasteiger partial charge on any atom is 0.525 e. The molecule has 0 amide bonds. The van der Waals surface area contributed by atoms with Crippen LogP contribution in [0.2, 0.25) is 0 Å². The van der Waals surface area contributed by atoms with E-state index in [9.17, 15) is 14.4 Å². The Balaban J connectivity index is 4.13. The van der Waals surface area contributed by atoms with Gasteiger partial charge < -0.3 is 9.47 Å². The molecular formula is C11H18O5S2. The first kappa shape index (κ1) is 17.3. The van der Waals surface area contributed by atoms with E-state index < -0.39 is 16.8 Å². The van der Waals surface area contributed by atoms with Gasteiger partial charge in [0.25, 0.3) is 0 Å². The fourth-order valence-corrected chi connectivity index (χ4v) is 1.92. The van der Waals surface area contributed by atoms with Crippen LogP contribution in [0.15, 0.2) is 0 Å². The van der Waals surface area contributed by atoms with E-state index >= 15 is 0 Å². The second kappa shape index (κ2) is 6.47. The normalized spacial score (nSPS) is 11.9. The van der Waals surface area contributed by atoms with Crippen molar-refractivity contribution in [3.63, 3.8) is 0 Å². The van der Waals surface area contributed by atoms with Crippen LogP contribution in [-0.2, 0) is 9.47 Å². The van der Waals surface area contributed by atoms with E-state index in [-0.39, 0.29) is 9.49 Å². The predicted molar refractivity (Wildman–Crippen MR) is 73.0 cm³/mol. The fourth-order valence-electron chi connectivity index (χ4n) is 0.699. The summed E-state index contributed by atoms with van der Waals surface area (Å²) in [5.41, 5.74) is 0. The molecule has 0 heterocycles. The summed E-state index contributed by atoms with van der Waals surface area (Å²) in [4.78, 5) is 33.6. The lowest BCUT2D eigenvalue weighted by molar-refractivity contribution is 0.110. The fraction of sp³-hybridized carbons (Fsp3) is 0.727. The molecule has 0 spiro atoms. The van der Waals surface area contributed by atoms with Crippen LogP contribution in [0, 0.1) is 0 Å². The summed E-state index contributed by atoms with van der Waals surface area (Å²) in [5.74, 6) is 0. The van der Waals surface area contributed by atoms with Crippen LogP contribution >= 0.6 is 23.5 Å². The van der Waals surface area contributed by atoms with Crippen LogP contribution in [-0.4, -0.2) is 26.3 Å². The van der Waals surface area contributed by atoms with Crippen molar-refractivity contribution in [3.8, 4) is 0 Å². The van der Waals surface area contributed by atoms with Gasteiger partial charge in [-0.15, -0.1) is 0 Å². The van der Waals surface area contributed by atoms with Crippen molar-refractivity contribution >= 4 is 40.3 Å². The van der Waals surface area contributed by atoms with E-state index in [0.717, 1.165) is 23.5 Å². The molecule has 0 saturated carbocycles. The highest BCUT2D eigenvalue weighted by atomic mass is 32.2. The average molecular weight is 294 g/mol. The number of ether oxygens (including phenoxy) is 2. The van der Waals surface area contributed by atoms with Crippen molar-refractivity contribution in [2.24, 2.45) is 0 Å². The molecule has 0 N–H and O–H groups in total. The number of rotatable bonds is 0. The summed E-state index contributed by atoms with van der Waals surface area (Å²) in [6.07, 6.45) is -1.29. The number of carbonyl (C=O) groups excluding carboxylic acids is 3. The molecule has 0 saturated heterocycles. The van der Waals surface area contributed by atoms with E-state index in [1.54, 1.807) is 41.5 Å². The smallest absolute Gasteiger partial charge is 0.351 e. The first-order valence-electron chi connectivity index (χ1n) is 5.25. The first-order valence-corrected chi connectivity index (χ1v) is 6.88. The van der Waals surface area contributed by atoms with Crippen LogP contribution in [0.3, 0.4) is 0 Å². The second-order valence-electron chi connectivity index (χ2n) is 5.38. The molecule has 0 aliphatic heterocycles. The van der Waals surface area contributed by atoms with Gasteiger partial charge in [0.1, 0.15) is 0 Å². The summed E-state index contributed by atoms with van der Waals surface area (Å²) in [5, 5.41) is -1.58. The number of thioether (sulfide) groups is 2. The third-order valence-electron chi connectivity index (χ3n) is 1.11. The third-order valence-corrected chi connectivity index (χ3v) is 2.84. The Bertz CT molecular complexity index is 306. The summed E-state index contributed by atoms with van der Waals surface area (Å²) in [6, 6.07) is 0. The molecule has 0 aliphatic carbocycles. The maximum absolute atomic E-state index is 11.3. The summed E-state index contributed by atoms with van der Waals surface area (Å²) < 4.78 is 7.93. The highest BCUT2D eigenvalue weighted by Crippen LogP contribution is 2.27. The van der Waals surface area contributed by atoms with Crippen molar-refractivity contribution in [2.75, 3.05) is 0 Å². The summed E-state index contributed by atoms with van der Waals surface area (Å²) in [7, 11) is 0. The zero-order valence-corrected chi connectivity index (χ0v) is 13.0. The van der Waals surface area contributed by atoms with Crippen LogP contribution in [0.4, 0.5) is 14.4 Å². The number of hydrogen-bond donors (Lipinski definition) is 0. The monoisotopic (exact) mass is 294 g/mol. The Hall–Kier alpha value is -0.690. The molecule has 0 radical (unpaired) electrons. The van der Waals surface area contributed by atoms with Gasteiger partial charge >= 0.3 is 16.8 Å². The topological polar surface area (TPSA) is 69.7 Å². The molecule has 0 aromatic heterocycles. The molecule has 5 nitrogen and oxygen atoms in total. The van der Waals surface area contributed by atoms with Crippen LogP contribution in [0.1, 0.15) is 41.5 Å². The minimum absolute atomic E-state index is 0.373. The number of carbonyl (C=O) groups is 3. The molecule has 0 rings (SSSR count). The Morgan fingerprint density at radius 3 is 1.22 bits per heavy atom. The molecule has 0 aliphatic rings. The van der Waals surface area contributed by atoms with E-state index in [2.05, 4.69) is 9.47 Å². The zero-order chi connectivity index (χ0) is 14.6. The third kappa shape index (κ3) is 10.5. The van der Waals surface area contributed by atoms with Gasteiger partial charge in [-0.25, -0.2) is 14.4 Å². The van der Waals surface area contributed by atoms with Crippen LogP contribution < -0.4 is 0 Å². The quantitative estimate of drug-likeness (QED) is 0.483. The highest BCUT2D eigenvalue weighted by Gasteiger charge is 2.25. The Kier molecular flexibility index (Phi) is 6.22. The maximum atomic E-state index is 11.3. The van der Waals surface area contributed by atoms with Crippen molar-refractivity contribution in [1.29, 1.82) is 0 Å². The van der Waals surface area contributed by atoms with E-state index in [1.807, 2.05) is 0 Å². The molecule has 18 heavy (non-hydrogen) atoms. The standard InChI is InChI=1S/C11H18O5S2/c1-10(2,3)17-8(13)15-7(12)16-9(14)18-11(4,5)6/h1-6H3. The van der Waals surface area contributed by atoms with Crippen molar-refractivity contribution in [1.82, 2.24) is 0 Å². The average Bonchev–Trinajstić information content (AvgIpc) is 1.92. The predicted octanol–water partition coefficient (Wildman–Crippen LogP) is 4.44. The molecule has 7 heteroatoms. The molecule has 0 fully saturated rings. The van der Waals surface area contributed by atoms with E-state index in [1.165, 1.54) is 0 Å². The molecular weight excluding hydrogens is 276 g/mol. The lowest BCUT2D eigenvalue weighted by atomic mass is 10.3. The molecule has 0 bridgehead atoms. The molecule has 0 aromatic carbocycles. The van der Waals surface area contributed by atoms with E-state index in [0.29, 0.717) is 0 Å². The van der Waals surface area contributed by atoms with E-state index in [4.69, 9.17) is 0 Å².